The standard InChI is InChI=1S/C15H23N3O4/c1-15(2,3)13(17)14(20)18-9-5-6-10(21-4)11(7-9)22-8-12(16)19/h5-7,13H,8,17H2,1-4H3,(H2,16,19)(H,18,20)/t13-/m1/s1. The molecule has 1 aromatic rings. The quantitative estimate of drug-likeness (QED) is 0.721. The van der Waals surface area contributed by atoms with Crippen LogP contribution in [-0.2, 0) is 9.59 Å². The maximum atomic E-state index is 12.1. The maximum absolute atomic E-state index is 12.1. The van der Waals surface area contributed by atoms with Crippen LogP contribution in [0.2, 0.25) is 0 Å². The van der Waals surface area contributed by atoms with Crippen molar-refractivity contribution in [2.45, 2.75) is 26.8 Å². The minimum atomic E-state index is -0.662. The summed E-state index contributed by atoms with van der Waals surface area (Å²) >= 11 is 0. The van der Waals surface area contributed by atoms with E-state index in [2.05, 4.69) is 5.32 Å². The van der Waals surface area contributed by atoms with Gasteiger partial charge in [0.1, 0.15) is 0 Å². The van der Waals surface area contributed by atoms with Crippen LogP contribution < -0.4 is 26.3 Å². The Kier molecular flexibility index (Phi) is 5.76. The van der Waals surface area contributed by atoms with Gasteiger partial charge < -0.3 is 26.3 Å². The molecule has 0 saturated heterocycles. The molecule has 0 aromatic heterocycles. The van der Waals surface area contributed by atoms with Crippen molar-refractivity contribution >= 4 is 17.5 Å². The van der Waals surface area contributed by atoms with Crippen molar-refractivity contribution in [3.63, 3.8) is 0 Å². The van der Waals surface area contributed by atoms with Gasteiger partial charge in [0.15, 0.2) is 18.1 Å². The minimum Gasteiger partial charge on any atom is -0.493 e. The molecule has 1 rings (SSSR count). The van der Waals surface area contributed by atoms with Crippen molar-refractivity contribution in [1.29, 1.82) is 0 Å². The Morgan fingerprint density at radius 2 is 1.91 bits per heavy atom. The van der Waals surface area contributed by atoms with Gasteiger partial charge in [0.05, 0.1) is 13.2 Å². The van der Waals surface area contributed by atoms with Gasteiger partial charge in [-0.2, -0.15) is 0 Å². The van der Waals surface area contributed by atoms with Gasteiger partial charge in [0, 0.05) is 11.8 Å². The molecule has 5 N–H and O–H groups in total. The van der Waals surface area contributed by atoms with E-state index in [-0.39, 0.29) is 17.9 Å². The Labute approximate surface area is 129 Å². The Morgan fingerprint density at radius 3 is 2.41 bits per heavy atom. The molecular formula is C15H23N3O4. The molecule has 0 aliphatic carbocycles. The lowest BCUT2D eigenvalue weighted by atomic mass is 9.87. The summed E-state index contributed by atoms with van der Waals surface area (Å²) in [4.78, 5) is 22.9. The van der Waals surface area contributed by atoms with Crippen molar-refractivity contribution in [3.05, 3.63) is 18.2 Å². The van der Waals surface area contributed by atoms with Crippen molar-refractivity contribution in [1.82, 2.24) is 0 Å². The number of methoxy groups -OCH3 is 1. The van der Waals surface area contributed by atoms with Crippen LogP contribution in [-0.4, -0.2) is 31.6 Å². The predicted octanol–water partition coefficient (Wildman–Crippen LogP) is 0.871. The number of nitrogens with two attached hydrogens (primary N) is 2. The molecule has 1 aromatic carbocycles. The third-order valence-electron chi connectivity index (χ3n) is 3.02. The van der Waals surface area contributed by atoms with Crippen LogP contribution in [0.3, 0.4) is 0 Å². The van der Waals surface area contributed by atoms with E-state index in [0.29, 0.717) is 17.2 Å². The molecule has 0 radical (unpaired) electrons. The topological polar surface area (TPSA) is 117 Å². The molecule has 0 aliphatic heterocycles. The van der Waals surface area contributed by atoms with E-state index in [0.717, 1.165) is 0 Å². The second kappa shape index (κ2) is 7.13. The van der Waals surface area contributed by atoms with Gasteiger partial charge >= 0.3 is 0 Å². The molecule has 7 heteroatoms. The van der Waals surface area contributed by atoms with Gasteiger partial charge in [0.25, 0.3) is 5.91 Å². The summed E-state index contributed by atoms with van der Waals surface area (Å²) in [7, 11) is 1.47. The first kappa shape index (κ1) is 17.8. The van der Waals surface area contributed by atoms with Gasteiger partial charge in [0.2, 0.25) is 5.91 Å². The number of nitrogens with one attached hydrogen (secondary N) is 1. The maximum Gasteiger partial charge on any atom is 0.255 e. The number of hydrogen-bond donors (Lipinski definition) is 3. The highest BCUT2D eigenvalue weighted by atomic mass is 16.5. The molecule has 0 fully saturated rings. The highest BCUT2D eigenvalue weighted by Gasteiger charge is 2.27. The molecule has 0 aliphatic rings. The normalized spacial score (nSPS) is 12.4. The highest BCUT2D eigenvalue weighted by molar-refractivity contribution is 5.95. The lowest BCUT2D eigenvalue weighted by Crippen LogP contribution is -2.45. The summed E-state index contributed by atoms with van der Waals surface area (Å²) in [5, 5.41) is 2.71. The fraction of sp³-hybridized carbons (Fsp3) is 0.467. The number of ether oxygens (including phenoxy) is 2. The summed E-state index contributed by atoms with van der Waals surface area (Å²) in [5.74, 6) is -0.174. The molecular weight excluding hydrogens is 286 g/mol. The van der Waals surface area contributed by atoms with Gasteiger partial charge in [-0.3, -0.25) is 9.59 Å². The van der Waals surface area contributed by atoms with Crippen LogP contribution in [0, 0.1) is 5.41 Å². The fourth-order valence-electron chi connectivity index (χ4n) is 1.63. The van der Waals surface area contributed by atoms with Crippen molar-refractivity contribution in [3.8, 4) is 11.5 Å². The van der Waals surface area contributed by atoms with Crippen molar-refractivity contribution in [2.24, 2.45) is 16.9 Å². The van der Waals surface area contributed by atoms with Crippen molar-refractivity contribution < 1.29 is 19.1 Å². The number of carbonyl (C=O) groups is 2. The summed E-state index contributed by atoms with van der Waals surface area (Å²) < 4.78 is 10.4. The second-order valence-corrected chi connectivity index (χ2v) is 5.95. The van der Waals surface area contributed by atoms with Crippen LogP contribution in [0.15, 0.2) is 18.2 Å². The van der Waals surface area contributed by atoms with E-state index in [9.17, 15) is 9.59 Å². The first-order chi connectivity index (χ1) is 10.1. The summed E-state index contributed by atoms with van der Waals surface area (Å²) in [6, 6.07) is 4.16. The third kappa shape index (κ3) is 4.92. The van der Waals surface area contributed by atoms with Crippen LogP contribution in [0.1, 0.15) is 20.8 Å². The van der Waals surface area contributed by atoms with Gasteiger partial charge in [-0.1, -0.05) is 20.8 Å². The Morgan fingerprint density at radius 1 is 1.27 bits per heavy atom. The molecule has 0 unspecified atom stereocenters. The van der Waals surface area contributed by atoms with Crippen LogP contribution >= 0.6 is 0 Å². The average Bonchev–Trinajstić information content (AvgIpc) is 2.43. The van der Waals surface area contributed by atoms with E-state index in [4.69, 9.17) is 20.9 Å². The van der Waals surface area contributed by atoms with E-state index in [1.807, 2.05) is 20.8 Å². The lowest BCUT2D eigenvalue weighted by molar-refractivity contribution is -0.120. The number of primary amides is 1. The van der Waals surface area contributed by atoms with Crippen molar-refractivity contribution in [2.75, 3.05) is 19.0 Å². The average molecular weight is 309 g/mol. The number of hydrogen-bond acceptors (Lipinski definition) is 5. The fourth-order valence-corrected chi connectivity index (χ4v) is 1.63. The van der Waals surface area contributed by atoms with Gasteiger partial charge in [-0.05, 0) is 17.5 Å². The summed E-state index contributed by atoms with van der Waals surface area (Å²) in [6.07, 6.45) is 0. The number of rotatable bonds is 6. The molecule has 0 heterocycles. The Hall–Kier alpha value is -2.28. The predicted molar refractivity (Wildman–Crippen MR) is 83.7 cm³/mol. The number of amides is 2. The van der Waals surface area contributed by atoms with E-state index in [1.165, 1.54) is 7.11 Å². The Balaban J connectivity index is 2.90. The third-order valence-corrected chi connectivity index (χ3v) is 3.02. The Bertz CT molecular complexity index is 552. The molecule has 7 nitrogen and oxygen atoms in total. The molecule has 0 spiro atoms. The molecule has 0 bridgehead atoms. The van der Waals surface area contributed by atoms with Crippen LogP contribution in [0.5, 0.6) is 11.5 Å². The minimum absolute atomic E-state index is 0.282. The molecule has 22 heavy (non-hydrogen) atoms. The first-order valence-electron chi connectivity index (χ1n) is 6.80. The number of carbonyl (C=O) groups excluding carboxylic acids is 2. The zero-order valence-electron chi connectivity index (χ0n) is 13.3. The zero-order chi connectivity index (χ0) is 16.9. The molecule has 122 valence electrons. The summed E-state index contributed by atoms with van der Waals surface area (Å²) in [5.41, 5.74) is 11.1. The summed E-state index contributed by atoms with van der Waals surface area (Å²) in [6.45, 7) is 5.36. The number of benzene rings is 1. The highest BCUT2D eigenvalue weighted by Crippen LogP contribution is 2.30. The number of anilines is 1. The lowest BCUT2D eigenvalue weighted by Gasteiger charge is -2.25. The molecule has 1 atom stereocenters. The first-order valence-corrected chi connectivity index (χ1v) is 6.80. The smallest absolute Gasteiger partial charge is 0.255 e. The van der Waals surface area contributed by atoms with E-state index >= 15 is 0 Å². The SMILES string of the molecule is COc1ccc(NC(=O)[C@@H](N)C(C)(C)C)cc1OCC(N)=O. The monoisotopic (exact) mass is 309 g/mol. The molecule has 0 saturated carbocycles. The van der Waals surface area contributed by atoms with Crippen LogP contribution in [0.4, 0.5) is 5.69 Å². The largest absolute Gasteiger partial charge is 0.493 e. The van der Waals surface area contributed by atoms with E-state index in [1.54, 1.807) is 18.2 Å². The zero-order valence-corrected chi connectivity index (χ0v) is 13.3. The second-order valence-electron chi connectivity index (χ2n) is 5.95. The molecule has 2 amide bonds. The van der Waals surface area contributed by atoms with Gasteiger partial charge in [-0.15, -0.1) is 0 Å². The van der Waals surface area contributed by atoms with E-state index < -0.39 is 11.9 Å². The van der Waals surface area contributed by atoms with Gasteiger partial charge in [-0.25, -0.2) is 0 Å². The van der Waals surface area contributed by atoms with Crippen LogP contribution in [0.25, 0.3) is 0 Å².